The van der Waals surface area contributed by atoms with Gasteiger partial charge in [0, 0.05) is 0 Å². The lowest BCUT2D eigenvalue weighted by atomic mass is 10.1. The molecule has 32 heavy (non-hydrogen) atoms. The molecule has 8 heteroatoms. The van der Waals surface area contributed by atoms with Gasteiger partial charge < -0.3 is 4.74 Å². The SMILES string of the molecule is O=C1NC(=S)N(c2ccc(Oc3ccccc3)cc2)C(=O)/C1=C/c1nc2ccccc2s1. The first-order chi connectivity index (χ1) is 15.6. The molecule has 1 N–H and O–H groups in total. The van der Waals surface area contributed by atoms with E-state index in [1.165, 1.54) is 22.3 Å². The molecule has 6 nitrogen and oxygen atoms in total. The van der Waals surface area contributed by atoms with Gasteiger partial charge in [0.15, 0.2) is 5.11 Å². The number of anilines is 1. The third kappa shape index (κ3) is 3.89. The van der Waals surface area contributed by atoms with Crippen LogP contribution >= 0.6 is 23.6 Å². The van der Waals surface area contributed by atoms with Crippen molar-refractivity contribution in [2.45, 2.75) is 0 Å². The zero-order valence-corrected chi connectivity index (χ0v) is 18.2. The number of thiazole rings is 1. The van der Waals surface area contributed by atoms with Gasteiger partial charge in [0.2, 0.25) is 0 Å². The Morgan fingerprint density at radius 2 is 1.59 bits per heavy atom. The van der Waals surface area contributed by atoms with Gasteiger partial charge in [-0.05, 0) is 66.8 Å². The van der Waals surface area contributed by atoms with Crippen molar-refractivity contribution in [2.24, 2.45) is 0 Å². The minimum absolute atomic E-state index is 0.0257. The Morgan fingerprint density at radius 3 is 2.34 bits per heavy atom. The number of benzene rings is 3. The van der Waals surface area contributed by atoms with Crippen molar-refractivity contribution in [3.63, 3.8) is 0 Å². The Labute approximate surface area is 192 Å². The maximum absolute atomic E-state index is 13.2. The molecule has 0 aliphatic carbocycles. The topological polar surface area (TPSA) is 71.5 Å². The predicted molar refractivity (Wildman–Crippen MR) is 129 cm³/mol. The largest absolute Gasteiger partial charge is 0.457 e. The summed E-state index contributed by atoms with van der Waals surface area (Å²) in [5.41, 5.74) is 1.31. The average molecular weight is 458 g/mol. The third-order valence-electron chi connectivity index (χ3n) is 4.75. The minimum Gasteiger partial charge on any atom is -0.457 e. The number of hydrogen-bond donors (Lipinski definition) is 1. The van der Waals surface area contributed by atoms with Gasteiger partial charge >= 0.3 is 0 Å². The number of carbonyl (C=O) groups is 2. The number of para-hydroxylation sites is 2. The van der Waals surface area contributed by atoms with Gasteiger partial charge in [-0.15, -0.1) is 11.3 Å². The Hall–Kier alpha value is -3.88. The molecule has 156 valence electrons. The summed E-state index contributed by atoms with van der Waals surface area (Å²) in [6.07, 6.45) is 1.50. The summed E-state index contributed by atoms with van der Waals surface area (Å²) in [4.78, 5) is 31.5. The average Bonchev–Trinajstić information content (AvgIpc) is 3.21. The first-order valence-electron chi connectivity index (χ1n) is 9.68. The van der Waals surface area contributed by atoms with E-state index in [-0.39, 0.29) is 10.7 Å². The van der Waals surface area contributed by atoms with E-state index in [0.29, 0.717) is 22.2 Å². The fraction of sp³-hybridized carbons (Fsp3) is 0. The lowest BCUT2D eigenvalue weighted by Gasteiger charge is -2.28. The normalized spacial score (nSPS) is 15.3. The molecule has 0 radical (unpaired) electrons. The minimum atomic E-state index is -0.542. The van der Waals surface area contributed by atoms with Crippen LogP contribution in [-0.2, 0) is 9.59 Å². The quantitative estimate of drug-likeness (QED) is 0.268. The molecule has 1 aromatic heterocycles. The summed E-state index contributed by atoms with van der Waals surface area (Å²) in [6, 6.07) is 23.9. The molecule has 0 spiro atoms. The van der Waals surface area contributed by atoms with E-state index in [0.717, 1.165) is 10.2 Å². The van der Waals surface area contributed by atoms with Gasteiger partial charge in [-0.3, -0.25) is 19.8 Å². The number of hydrogen-bond acceptors (Lipinski definition) is 6. The van der Waals surface area contributed by atoms with Crippen LogP contribution in [0.1, 0.15) is 5.01 Å². The Bertz CT molecular complexity index is 1350. The second-order valence-corrected chi connectivity index (χ2v) is 8.34. The van der Waals surface area contributed by atoms with Gasteiger partial charge in [-0.25, -0.2) is 4.98 Å². The van der Waals surface area contributed by atoms with E-state index < -0.39 is 11.8 Å². The lowest BCUT2D eigenvalue weighted by molar-refractivity contribution is -0.122. The van der Waals surface area contributed by atoms with Crippen LogP contribution in [0.2, 0.25) is 0 Å². The van der Waals surface area contributed by atoms with Gasteiger partial charge in [-0.2, -0.15) is 0 Å². The maximum atomic E-state index is 13.2. The van der Waals surface area contributed by atoms with Crippen molar-refractivity contribution in [1.82, 2.24) is 10.3 Å². The Morgan fingerprint density at radius 1 is 0.906 bits per heavy atom. The van der Waals surface area contributed by atoms with Crippen LogP contribution in [0, 0.1) is 0 Å². The number of nitrogens with one attached hydrogen (secondary N) is 1. The maximum Gasteiger partial charge on any atom is 0.270 e. The zero-order chi connectivity index (χ0) is 22.1. The van der Waals surface area contributed by atoms with E-state index >= 15 is 0 Å². The van der Waals surface area contributed by atoms with Gasteiger partial charge in [-0.1, -0.05) is 30.3 Å². The number of fused-ring (bicyclic) bond motifs is 1. The summed E-state index contributed by atoms with van der Waals surface area (Å²) in [5, 5.41) is 3.19. The fourth-order valence-electron chi connectivity index (χ4n) is 3.26. The summed E-state index contributed by atoms with van der Waals surface area (Å²) in [5.74, 6) is 0.275. The molecule has 1 fully saturated rings. The predicted octanol–water partition coefficient (Wildman–Crippen LogP) is 4.92. The van der Waals surface area contributed by atoms with Gasteiger partial charge in [0.25, 0.3) is 11.8 Å². The molecule has 2 amide bonds. The Balaban J connectivity index is 1.43. The molecule has 1 saturated heterocycles. The summed E-state index contributed by atoms with van der Waals surface area (Å²) in [6.45, 7) is 0. The standard InChI is InChI=1S/C24H15N3O3S2/c28-22-18(14-21-25-19-8-4-5-9-20(19)32-21)23(29)27(24(31)26-22)15-10-12-17(13-11-15)30-16-6-2-1-3-7-16/h1-14H,(H,26,28,31)/b18-14+. The molecule has 1 aliphatic rings. The molecule has 0 saturated carbocycles. The highest BCUT2D eigenvalue weighted by Gasteiger charge is 2.34. The molecule has 1 aliphatic heterocycles. The van der Waals surface area contributed by atoms with Crippen LogP contribution in [0.4, 0.5) is 5.69 Å². The first-order valence-corrected chi connectivity index (χ1v) is 10.9. The number of nitrogens with zero attached hydrogens (tertiary/aromatic N) is 2. The molecule has 0 bridgehead atoms. The molecule has 0 unspecified atom stereocenters. The molecule has 0 atom stereocenters. The summed E-state index contributed by atoms with van der Waals surface area (Å²) < 4.78 is 6.77. The van der Waals surface area contributed by atoms with Gasteiger partial charge in [0.05, 0.1) is 15.9 Å². The van der Waals surface area contributed by atoms with Gasteiger partial charge in [0.1, 0.15) is 22.1 Å². The summed E-state index contributed by atoms with van der Waals surface area (Å²) >= 11 is 6.68. The van der Waals surface area contributed by atoms with E-state index in [2.05, 4.69) is 10.3 Å². The van der Waals surface area contributed by atoms with E-state index in [4.69, 9.17) is 17.0 Å². The first kappa shape index (κ1) is 20.0. The van der Waals surface area contributed by atoms with Crippen molar-refractivity contribution < 1.29 is 14.3 Å². The third-order valence-corrected chi connectivity index (χ3v) is 6.02. The van der Waals surface area contributed by atoms with Crippen LogP contribution in [-0.4, -0.2) is 21.9 Å². The van der Waals surface area contributed by atoms with E-state index in [1.807, 2.05) is 54.6 Å². The number of thiocarbonyl (C=S) groups is 1. The van der Waals surface area contributed by atoms with Crippen LogP contribution < -0.4 is 15.0 Å². The second-order valence-electron chi connectivity index (χ2n) is 6.89. The summed E-state index contributed by atoms with van der Waals surface area (Å²) in [7, 11) is 0. The number of amides is 2. The molecule has 3 aromatic carbocycles. The number of rotatable bonds is 4. The lowest BCUT2D eigenvalue weighted by Crippen LogP contribution is -2.54. The zero-order valence-electron chi connectivity index (χ0n) is 16.5. The Kier molecular flexibility index (Phi) is 5.22. The second kappa shape index (κ2) is 8.33. The van der Waals surface area contributed by atoms with Crippen molar-refractivity contribution in [2.75, 3.05) is 4.90 Å². The molecule has 2 heterocycles. The highest BCUT2D eigenvalue weighted by molar-refractivity contribution is 7.80. The van der Waals surface area contributed by atoms with Crippen LogP contribution in [0.5, 0.6) is 11.5 Å². The number of ether oxygens (including phenoxy) is 1. The molecular formula is C24H15N3O3S2. The van der Waals surface area contributed by atoms with E-state index in [9.17, 15) is 9.59 Å². The van der Waals surface area contributed by atoms with Crippen molar-refractivity contribution in [3.05, 3.63) is 89.4 Å². The number of carbonyl (C=O) groups excluding carboxylic acids is 2. The molecule has 5 rings (SSSR count). The van der Waals surface area contributed by atoms with E-state index in [1.54, 1.807) is 24.3 Å². The van der Waals surface area contributed by atoms with Crippen molar-refractivity contribution in [1.29, 1.82) is 0 Å². The molecular weight excluding hydrogens is 442 g/mol. The van der Waals surface area contributed by atoms with Crippen LogP contribution in [0.3, 0.4) is 0 Å². The smallest absolute Gasteiger partial charge is 0.270 e. The van der Waals surface area contributed by atoms with Crippen LogP contribution in [0.15, 0.2) is 84.4 Å². The molecule has 4 aromatic rings. The van der Waals surface area contributed by atoms with Crippen molar-refractivity contribution in [3.8, 4) is 11.5 Å². The van der Waals surface area contributed by atoms with Crippen molar-refractivity contribution >= 4 is 62.5 Å². The number of aromatic nitrogens is 1. The van der Waals surface area contributed by atoms with Crippen LogP contribution in [0.25, 0.3) is 16.3 Å². The monoisotopic (exact) mass is 457 g/mol. The fourth-order valence-corrected chi connectivity index (χ4v) is 4.45. The highest BCUT2D eigenvalue weighted by atomic mass is 32.1. The highest BCUT2D eigenvalue weighted by Crippen LogP contribution is 2.28.